The Bertz CT molecular complexity index is 475. The molecule has 0 aromatic heterocycles. The SMILES string of the molecule is CC(C)CNC(=O)CNC(=O)c1ccc(N)c(Cl)c1. The number of anilines is 1. The van der Waals surface area contributed by atoms with Gasteiger partial charge in [0.2, 0.25) is 5.91 Å². The van der Waals surface area contributed by atoms with Crippen LogP contribution in [0.5, 0.6) is 0 Å². The topological polar surface area (TPSA) is 84.2 Å². The third-order valence-electron chi connectivity index (χ3n) is 2.38. The van der Waals surface area contributed by atoms with E-state index in [0.29, 0.717) is 28.7 Å². The fourth-order valence-electron chi connectivity index (χ4n) is 1.31. The first-order valence-electron chi connectivity index (χ1n) is 6.00. The van der Waals surface area contributed by atoms with Crippen molar-refractivity contribution in [1.82, 2.24) is 10.6 Å². The molecule has 0 aliphatic rings. The third-order valence-corrected chi connectivity index (χ3v) is 2.71. The first kappa shape index (κ1) is 15.3. The minimum Gasteiger partial charge on any atom is -0.398 e. The Morgan fingerprint density at radius 1 is 1.32 bits per heavy atom. The number of carbonyl (C=O) groups excluding carboxylic acids is 2. The van der Waals surface area contributed by atoms with Crippen LogP contribution in [0.4, 0.5) is 5.69 Å². The Morgan fingerprint density at radius 2 is 2.00 bits per heavy atom. The summed E-state index contributed by atoms with van der Waals surface area (Å²) in [6.07, 6.45) is 0. The molecule has 0 atom stereocenters. The van der Waals surface area contributed by atoms with Crippen LogP contribution in [0, 0.1) is 5.92 Å². The van der Waals surface area contributed by atoms with Crippen molar-refractivity contribution in [2.75, 3.05) is 18.8 Å². The Labute approximate surface area is 117 Å². The summed E-state index contributed by atoms with van der Waals surface area (Å²) in [5, 5.41) is 5.54. The molecule has 0 aliphatic heterocycles. The van der Waals surface area contributed by atoms with Crippen molar-refractivity contribution in [1.29, 1.82) is 0 Å². The fraction of sp³-hybridized carbons (Fsp3) is 0.385. The van der Waals surface area contributed by atoms with Crippen LogP contribution < -0.4 is 16.4 Å². The van der Waals surface area contributed by atoms with Crippen LogP contribution in [0.1, 0.15) is 24.2 Å². The summed E-state index contributed by atoms with van der Waals surface area (Å²) in [5.41, 5.74) is 6.33. The molecule has 2 amide bonds. The smallest absolute Gasteiger partial charge is 0.251 e. The molecular formula is C13H18ClN3O2. The number of hydrogen-bond acceptors (Lipinski definition) is 3. The van der Waals surface area contributed by atoms with Crippen LogP contribution in [0.3, 0.4) is 0 Å². The van der Waals surface area contributed by atoms with E-state index < -0.39 is 0 Å². The largest absolute Gasteiger partial charge is 0.398 e. The van der Waals surface area contributed by atoms with E-state index in [1.54, 1.807) is 12.1 Å². The number of hydrogen-bond donors (Lipinski definition) is 3. The summed E-state index contributed by atoms with van der Waals surface area (Å²) in [4.78, 5) is 23.2. The van der Waals surface area contributed by atoms with Gasteiger partial charge < -0.3 is 16.4 Å². The summed E-state index contributed by atoms with van der Waals surface area (Å²) < 4.78 is 0. The number of rotatable bonds is 5. The van der Waals surface area contributed by atoms with Crippen molar-refractivity contribution in [2.24, 2.45) is 5.92 Å². The van der Waals surface area contributed by atoms with E-state index in [0.717, 1.165) is 0 Å². The zero-order valence-electron chi connectivity index (χ0n) is 11.0. The number of benzene rings is 1. The first-order chi connectivity index (χ1) is 8.90. The van der Waals surface area contributed by atoms with E-state index in [-0.39, 0.29) is 18.4 Å². The molecule has 0 saturated heterocycles. The van der Waals surface area contributed by atoms with Gasteiger partial charge in [-0.05, 0) is 24.1 Å². The molecule has 104 valence electrons. The first-order valence-corrected chi connectivity index (χ1v) is 6.38. The van der Waals surface area contributed by atoms with Crippen LogP contribution >= 0.6 is 11.6 Å². The van der Waals surface area contributed by atoms with Gasteiger partial charge in [-0.3, -0.25) is 9.59 Å². The lowest BCUT2D eigenvalue weighted by molar-refractivity contribution is -0.120. The minimum atomic E-state index is -0.360. The molecule has 4 N–H and O–H groups in total. The van der Waals surface area contributed by atoms with Crippen LogP contribution in [-0.4, -0.2) is 24.9 Å². The number of amides is 2. The molecule has 0 saturated carbocycles. The van der Waals surface area contributed by atoms with E-state index in [1.165, 1.54) is 6.07 Å². The second kappa shape index (κ2) is 6.99. The lowest BCUT2D eigenvalue weighted by atomic mass is 10.2. The molecule has 0 fully saturated rings. The number of halogens is 1. The summed E-state index contributed by atoms with van der Waals surface area (Å²) in [7, 11) is 0. The summed E-state index contributed by atoms with van der Waals surface area (Å²) >= 11 is 5.82. The zero-order chi connectivity index (χ0) is 14.4. The molecule has 0 radical (unpaired) electrons. The minimum absolute atomic E-state index is 0.0620. The average Bonchev–Trinajstić information content (AvgIpc) is 2.36. The standard InChI is InChI=1S/C13H18ClN3O2/c1-8(2)6-16-12(18)7-17-13(19)9-3-4-11(15)10(14)5-9/h3-5,8H,6-7,15H2,1-2H3,(H,16,18)(H,17,19). The number of nitrogens with one attached hydrogen (secondary N) is 2. The maximum absolute atomic E-state index is 11.8. The average molecular weight is 284 g/mol. The van der Waals surface area contributed by atoms with Gasteiger partial charge in [0.1, 0.15) is 0 Å². The normalized spacial score (nSPS) is 10.3. The highest BCUT2D eigenvalue weighted by atomic mass is 35.5. The molecule has 6 heteroatoms. The maximum Gasteiger partial charge on any atom is 0.251 e. The van der Waals surface area contributed by atoms with E-state index in [9.17, 15) is 9.59 Å². The lowest BCUT2D eigenvalue weighted by Gasteiger charge is -2.09. The number of nitrogens with two attached hydrogens (primary N) is 1. The van der Waals surface area contributed by atoms with Crippen molar-refractivity contribution in [2.45, 2.75) is 13.8 Å². The van der Waals surface area contributed by atoms with E-state index in [1.807, 2.05) is 13.8 Å². The van der Waals surface area contributed by atoms with Gasteiger partial charge in [0.25, 0.3) is 5.91 Å². The number of nitrogen functional groups attached to an aromatic ring is 1. The van der Waals surface area contributed by atoms with Gasteiger partial charge in [-0.25, -0.2) is 0 Å². The van der Waals surface area contributed by atoms with Crippen molar-refractivity contribution in [3.63, 3.8) is 0 Å². The Kier molecular flexibility index (Phi) is 5.63. The van der Waals surface area contributed by atoms with Gasteiger partial charge in [0, 0.05) is 12.1 Å². The van der Waals surface area contributed by atoms with Crippen molar-refractivity contribution >= 4 is 29.1 Å². The van der Waals surface area contributed by atoms with Gasteiger partial charge in [0.05, 0.1) is 17.3 Å². The third kappa shape index (κ3) is 5.18. The monoisotopic (exact) mass is 283 g/mol. The highest BCUT2D eigenvalue weighted by Gasteiger charge is 2.09. The van der Waals surface area contributed by atoms with Gasteiger partial charge >= 0.3 is 0 Å². The number of carbonyl (C=O) groups is 2. The van der Waals surface area contributed by atoms with E-state index in [2.05, 4.69) is 10.6 Å². The second-order valence-electron chi connectivity index (χ2n) is 4.62. The molecule has 0 bridgehead atoms. The second-order valence-corrected chi connectivity index (χ2v) is 5.02. The molecule has 1 aromatic rings. The summed E-state index contributed by atoms with van der Waals surface area (Å²) in [5.74, 6) is -0.208. The van der Waals surface area contributed by atoms with Gasteiger partial charge in [0.15, 0.2) is 0 Å². The Balaban J connectivity index is 2.47. The Hall–Kier alpha value is -1.75. The predicted octanol–water partition coefficient (Wildman–Crippen LogP) is 1.42. The van der Waals surface area contributed by atoms with Crippen LogP contribution in [-0.2, 0) is 4.79 Å². The molecule has 19 heavy (non-hydrogen) atoms. The summed E-state index contributed by atoms with van der Waals surface area (Å²) in [6.45, 7) is 4.51. The molecule has 0 aliphatic carbocycles. The summed E-state index contributed by atoms with van der Waals surface area (Å²) in [6, 6.07) is 4.58. The van der Waals surface area contributed by atoms with Crippen LogP contribution in [0.25, 0.3) is 0 Å². The molecule has 0 unspecified atom stereocenters. The van der Waals surface area contributed by atoms with E-state index in [4.69, 9.17) is 17.3 Å². The maximum atomic E-state index is 11.8. The molecule has 5 nitrogen and oxygen atoms in total. The quantitative estimate of drug-likeness (QED) is 0.715. The van der Waals surface area contributed by atoms with Crippen LogP contribution in [0.15, 0.2) is 18.2 Å². The molecule has 0 spiro atoms. The Morgan fingerprint density at radius 3 is 2.58 bits per heavy atom. The highest BCUT2D eigenvalue weighted by molar-refractivity contribution is 6.33. The predicted molar refractivity (Wildman–Crippen MR) is 76.0 cm³/mol. The highest BCUT2D eigenvalue weighted by Crippen LogP contribution is 2.19. The van der Waals surface area contributed by atoms with Crippen molar-refractivity contribution < 1.29 is 9.59 Å². The lowest BCUT2D eigenvalue weighted by Crippen LogP contribution is -2.38. The van der Waals surface area contributed by atoms with E-state index >= 15 is 0 Å². The molecule has 0 heterocycles. The van der Waals surface area contributed by atoms with Crippen LogP contribution in [0.2, 0.25) is 5.02 Å². The van der Waals surface area contributed by atoms with Gasteiger partial charge in [-0.15, -0.1) is 0 Å². The zero-order valence-corrected chi connectivity index (χ0v) is 11.8. The fourth-order valence-corrected chi connectivity index (χ4v) is 1.49. The van der Waals surface area contributed by atoms with Crippen molar-refractivity contribution in [3.05, 3.63) is 28.8 Å². The van der Waals surface area contributed by atoms with Crippen molar-refractivity contribution in [3.8, 4) is 0 Å². The molecule has 1 rings (SSSR count). The molecular weight excluding hydrogens is 266 g/mol. The molecule has 1 aromatic carbocycles. The van der Waals surface area contributed by atoms with Gasteiger partial charge in [-0.2, -0.15) is 0 Å². The van der Waals surface area contributed by atoms with Gasteiger partial charge in [-0.1, -0.05) is 25.4 Å².